The zero-order valence-corrected chi connectivity index (χ0v) is 20.3. The molecule has 196 valence electrons. The summed E-state index contributed by atoms with van der Waals surface area (Å²) < 4.78 is 41.0. The number of imidazole rings is 1. The number of para-hydroxylation sites is 3. The number of carbonyl (C=O) groups excluding carboxylic acids is 2. The number of benzene rings is 4. The molecule has 0 spiro atoms. The van der Waals surface area contributed by atoms with Gasteiger partial charge in [-0.3, -0.25) is 0 Å². The van der Waals surface area contributed by atoms with Crippen LogP contribution in [-0.4, -0.2) is 27.7 Å². The standard InChI is InChI=1S/C29H21F3N4O3/c30-29(31,32)27(37)39-36(28(38)33-22-11-5-2-6-12-22)23-17-15-21(16-18-23)26-34-24-13-7-8-14-25(24)35(26)19-20-9-3-1-4-10-20/h1-18H,19H2,(H,33,38). The summed E-state index contributed by atoms with van der Waals surface area (Å²) in [4.78, 5) is 33.7. The summed E-state index contributed by atoms with van der Waals surface area (Å²) in [5.74, 6) is -1.90. The van der Waals surface area contributed by atoms with E-state index in [1.807, 2.05) is 59.2 Å². The van der Waals surface area contributed by atoms with Crippen LogP contribution in [0.1, 0.15) is 5.56 Å². The fourth-order valence-corrected chi connectivity index (χ4v) is 4.01. The molecule has 0 bridgehead atoms. The Kier molecular flexibility index (Phi) is 7.00. The van der Waals surface area contributed by atoms with Gasteiger partial charge in [0.1, 0.15) is 5.82 Å². The molecule has 0 radical (unpaired) electrons. The van der Waals surface area contributed by atoms with Crippen LogP contribution in [0.2, 0.25) is 0 Å². The first-order valence-corrected chi connectivity index (χ1v) is 11.8. The van der Waals surface area contributed by atoms with Gasteiger partial charge in [0.25, 0.3) is 0 Å². The molecule has 0 saturated carbocycles. The van der Waals surface area contributed by atoms with E-state index in [-0.39, 0.29) is 10.8 Å². The first-order valence-electron chi connectivity index (χ1n) is 11.8. The van der Waals surface area contributed by atoms with E-state index in [2.05, 4.69) is 10.2 Å². The van der Waals surface area contributed by atoms with Crippen molar-refractivity contribution in [2.75, 3.05) is 10.4 Å². The van der Waals surface area contributed by atoms with Crippen molar-refractivity contribution in [1.29, 1.82) is 0 Å². The summed E-state index contributed by atoms with van der Waals surface area (Å²) in [7, 11) is 0. The van der Waals surface area contributed by atoms with E-state index >= 15 is 0 Å². The van der Waals surface area contributed by atoms with Gasteiger partial charge in [0.2, 0.25) is 0 Å². The monoisotopic (exact) mass is 530 g/mol. The van der Waals surface area contributed by atoms with Crippen LogP contribution in [0.5, 0.6) is 0 Å². The average molecular weight is 531 g/mol. The molecule has 10 heteroatoms. The molecule has 0 saturated heterocycles. The highest BCUT2D eigenvalue weighted by Crippen LogP contribution is 2.29. The highest BCUT2D eigenvalue weighted by Gasteiger charge is 2.43. The first kappa shape index (κ1) is 25.5. The van der Waals surface area contributed by atoms with Gasteiger partial charge in [-0.25, -0.2) is 14.6 Å². The summed E-state index contributed by atoms with van der Waals surface area (Å²) >= 11 is 0. The maximum absolute atomic E-state index is 13.0. The van der Waals surface area contributed by atoms with Gasteiger partial charge in [-0.2, -0.15) is 13.2 Å². The Bertz CT molecular complexity index is 1600. The Morgan fingerprint density at radius 3 is 2.10 bits per heavy atom. The van der Waals surface area contributed by atoms with Crippen molar-refractivity contribution in [3.05, 3.63) is 115 Å². The summed E-state index contributed by atoms with van der Waals surface area (Å²) in [6.45, 7) is 0.535. The number of rotatable bonds is 5. The van der Waals surface area contributed by atoms with E-state index in [1.165, 1.54) is 12.1 Å². The Labute approximate surface area is 221 Å². The topological polar surface area (TPSA) is 76.5 Å². The minimum atomic E-state index is -5.30. The van der Waals surface area contributed by atoms with Crippen LogP contribution < -0.4 is 10.4 Å². The molecule has 39 heavy (non-hydrogen) atoms. The van der Waals surface area contributed by atoms with Crippen LogP contribution in [0.4, 0.5) is 29.3 Å². The average Bonchev–Trinajstić information content (AvgIpc) is 3.30. The van der Waals surface area contributed by atoms with Crippen molar-refractivity contribution in [2.24, 2.45) is 0 Å². The molecule has 0 fully saturated rings. The zero-order chi connectivity index (χ0) is 27.4. The predicted molar refractivity (Wildman–Crippen MR) is 141 cm³/mol. The molecule has 1 N–H and O–H groups in total. The second kappa shape index (κ2) is 10.7. The lowest BCUT2D eigenvalue weighted by Gasteiger charge is -2.22. The molecule has 1 heterocycles. The largest absolute Gasteiger partial charge is 0.493 e. The number of hydrogen-bond donors (Lipinski definition) is 1. The lowest BCUT2D eigenvalue weighted by atomic mass is 10.1. The first-order chi connectivity index (χ1) is 18.8. The summed E-state index contributed by atoms with van der Waals surface area (Å²) in [6.07, 6.45) is -5.30. The number of carbonyl (C=O) groups is 2. The number of hydrogen-bond acceptors (Lipinski definition) is 4. The summed E-state index contributed by atoms with van der Waals surface area (Å²) in [6, 6.07) is 30.4. The number of fused-ring (bicyclic) bond motifs is 1. The molecular weight excluding hydrogens is 509 g/mol. The highest BCUT2D eigenvalue weighted by atomic mass is 19.4. The smallest absolute Gasteiger partial charge is 0.323 e. The van der Waals surface area contributed by atoms with Crippen LogP contribution in [0, 0.1) is 0 Å². The number of halogens is 3. The van der Waals surface area contributed by atoms with E-state index < -0.39 is 18.2 Å². The molecule has 5 aromatic rings. The Hall–Kier alpha value is -5.12. The van der Waals surface area contributed by atoms with Gasteiger partial charge in [0.05, 0.1) is 16.7 Å². The molecular formula is C29H21F3N4O3. The molecule has 0 unspecified atom stereocenters. The lowest BCUT2D eigenvalue weighted by Crippen LogP contribution is -2.41. The maximum Gasteiger partial charge on any atom is 0.493 e. The zero-order valence-electron chi connectivity index (χ0n) is 20.3. The Morgan fingerprint density at radius 1 is 0.821 bits per heavy atom. The number of alkyl halides is 3. The van der Waals surface area contributed by atoms with Gasteiger partial charge in [-0.1, -0.05) is 60.7 Å². The van der Waals surface area contributed by atoms with Crippen molar-refractivity contribution in [3.8, 4) is 11.4 Å². The maximum atomic E-state index is 13.0. The van der Waals surface area contributed by atoms with E-state index in [0.29, 0.717) is 23.6 Å². The predicted octanol–water partition coefficient (Wildman–Crippen LogP) is 6.81. The number of hydroxylamine groups is 1. The van der Waals surface area contributed by atoms with Crippen LogP contribution >= 0.6 is 0 Å². The van der Waals surface area contributed by atoms with Crippen molar-refractivity contribution in [3.63, 3.8) is 0 Å². The Balaban J connectivity index is 1.49. The number of aromatic nitrogens is 2. The summed E-state index contributed by atoms with van der Waals surface area (Å²) in [5.41, 5.74) is 3.61. The fourth-order valence-electron chi connectivity index (χ4n) is 4.01. The number of nitrogens with one attached hydrogen (secondary N) is 1. The van der Waals surface area contributed by atoms with E-state index in [4.69, 9.17) is 4.98 Å². The molecule has 0 aliphatic rings. The van der Waals surface area contributed by atoms with Crippen molar-refractivity contribution in [1.82, 2.24) is 9.55 Å². The highest BCUT2D eigenvalue weighted by molar-refractivity contribution is 6.01. The number of amides is 2. The number of urea groups is 1. The molecule has 5 rings (SSSR count). The third kappa shape index (κ3) is 5.74. The van der Waals surface area contributed by atoms with Gasteiger partial charge >= 0.3 is 18.2 Å². The van der Waals surface area contributed by atoms with Gasteiger partial charge in [-0.15, -0.1) is 5.06 Å². The van der Waals surface area contributed by atoms with Gasteiger partial charge in [0, 0.05) is 17.8 Å². The molecule has 1 aromatic heterocycles. The minimum absolute atomic E-state index is 0.0875. The molecule has 0 aliphatic carbocycles. The van der Waals surface area contributed by atoms with Crippen molar-refractivity contribution < 1.29 is 27.6 Å². The van der Waals surface area contributed by atoms with Crippen LogP contribution in [0.3, 0.4) is 0 Å². The van der Waals surface area contributed by atoms with Crippen molar-refractivity contribution >= 4 is 34.4 Å². The van der Waals surface area contributed by atoms with Crippen LogP contribution in [-0.2, 0) is 16.2 Å². The van der Waals surface area contributed by atoms with Gasteiger partial charge < -0.3 is 14.7 Å². The number of nitrogens with zero attached hydrogens (tertiary/aromatic N) is 3. The van der Waals surface area contributed by atoms with Crippen LogP contribution in [0.25, 0.3) is 22.4 Å². The molecule has 0 aliphatic heterocycles. The second-order valence-electron chi connectivity index (χ2n) is 8.51. The molecule has 2 amide bonds. The second-order valence-corrected chi connectivity index (χ2v) is 8.51. The van der Waals surface area contributed by atoms with Gasteiger partial charge in [0.15, 0.2) is 0 Å². The lowest BCUT2D eigenvalue weighted by molar-refractivity contribution is -0.199. The summed E-state index contributed by atoms with van der Waals surface area (Å²) in [5, 5.41) is 2.70. The van der Waals surface area contributed by atoms with Crippen LogP contribution in [0.15, 0.2) is 109 Å². The molecule has 7 nitrogen and oxygen atoms in total. The SMILES string of the molecule is O=C(Nc1ccccc1)N(OC(=O)C(F)(F)F)c1ccc(-c2nc3ccccc3n2Cc2ccccc2)cc1. The van der Waals surface area contributed by atoms with E-state index in [1.54, 1.807) is 42.5 Å². The third-order valence-corrected chi connectivity index (χ3v) is 5.81. The third-order valence-electron chi connectivity index (χ3n) is 5.81. The quantitative estimate of drug-likeness (QED) is 0.253. The van der Waals surface area contributed by atoms with Crippen molar-refractivity contribution in [2.45, 2.75) is 12.7 Å². The fraction of sp³-hybridized carbons (Fsp3) is 0.0690. The minimum Gasteiger partial charge on any atom is -0.323 e. The normalized spacial score (nSPS) is 11.3. The van der Waals surface area contributed by atoms with E-state index in [0.717, 1.165) is 16.6 Å². The molecule has 0 atom stereocenters. The Morgan fingerprint density at radius 2 is 1.44 bits per heavy atom. The van der Waals surface area contributed by atoms with E-state index in [9.17, 15) is 22.8 Å². The molecule has 4 aromatic carbocycles. The number of anilines is 2. The van der Waals surface area contributed by atoms with Gasteiger partial charge in [-0.05, 0) is 54.1 Å².